The molecule has 1 atom stereocenters. The summed E-state index contributed by atoms with van der Waals surface area (Å²) in [4.78, 5) is 0. The Bertz CT molecular complexity index is 508. The van der Waals surface area contributed by atoms with Gasteiger partial charge in [0.05, 0.1) is 0 Å². The summed E-state index contributed by atoms with van der Waals surface area (Å²) in [5, 5.41) is 0. The fourth-order valence-corrected chi connectivity index (χ4v) is 2.00. The molecule has 0 aromatic carbocycles. The van der Waals surface area contributed by atoms with E-state index in [1.54, 1.807) is 0 Å². The van der Waals surface area contributed by atoms with Crippen molar-refractivity contribution in [3.63, 3.8) is 0 Å². The van der Waals surface area contributed by atoms with Crippen LogP contribution in [-0.2, 0) is 35.0 Å². The maximum absolute atomic E-state index is 7.50. The van der Waals surface area contributed by atoms with Gasteiger partial charge in [0, 0.05) is 48.5 Å². The van der Waals surface area contributed by atoms with Crippen LogP contribution in [0.3, 0.4) is 0 Å². The maximum Gasteiger partial charge on any atom is 0.564 e. The molecule has 1 aliphatic rings. The first-order chi connectivity index (χ1) is 13.1. The second kappa shape index (κ2) is 26.7. The van der Waals surface area contributed by atoms with E-state index in [0.29, 0.717) is 12.1 Å². The largest absolute Gasteiger partial charge is 0.564 e. The number of hydrogen-bond donors (Lipinski definition) is 0. The molecular formula is C19H32AlCl4MoNO3P. The Balaban J connectivity index is -0.0000000651. The minimum atomic E-state index is -2.94. The van der Waals surface area contributed by atoms with Crippen LogP contribution in [0.2, 0.25) is 0 Å². The van der Waals surface area contributed by atoms with Crippen LogP contribution in [0.4, 0.5) is 0 Å². The van der Waals surface area contributed by atoms with Gasteiger partial charge >= 0.3 is 43.3 Å². The standard InChI is InChI=1S/C10H15.C6H16NP.3CO.Al.4ClH.Mo/c1-6-7(2)9(4)10(5)8(6)3;1-5(2)7(8)6(3)4;3*1-2;;;;;;/h1-5H3;5-6H,8H2,1-4H3;;;;;4*1H;/q;;;;;+3;;;;;/p-3. The van der Waals surface area contributed by atoms with Crippen LogP contribution >= 0.6 is 49.6 Å². The SMILES string of the molecule is CC(C)N([PH3+])C(C)C.C[C]1C(C)=C(C)C(C)=C1C.[C-]#[O+].[C-]#[O+].[C-]#[O+].[Cl][Al-]([Cl])([Cl])[Cl].[Mo]. The van der Waals surface area contributed by atoms with Gasteiger partial charge in [0.2, 0.25) is 0 Å². The molecule has 173 valence electrons. The van der Waals surface area contributed by atoms with Crippen molar-refractivity contribution in [2.24, 2.45) is 0 Å². The first-order valence-electron chi connectivity index (χ1n) is 8.38. The van der Waals surface area contributed by atoms with E-state index in [1.165, 1.54) is 28.2 Å². The van der Waals surface area contributed by atoms with E-state index in [0.717, 1.165) is 0 Å². The van der Waals surface area contributed by atoms with Gasteiger partial charge in [-0.25, -0.2) is 0 Å². The van der Waals surface area contributed by atoms with Gasteiger partial charge in [0.25, 0.3) is 0 Å². The van der Waals surface area contributed by atoms with E-state index in [-0.39, 0.29) is 21.1 Å². The Morgan fingerprint density at radius 2 is 0.833 bits per heavy atom. The number of halogens is 4. The molecule has 0 aromatic rings. The van der Waals surface area contributed by atoms with Crippen LogP contribution in [0.15, 0.2) is 22.3 Å². The third kappa shape index (κ3) is 27.5. The van der Waals surface area contributed by atoms with Crippen molar-refractivity contribution < 1.29 is 35.0 Å². The van der Waals surface area contributed by atoms with E-state index in [4.69, 9.17) is 54.2 Å². The number of allylic oxidation sites excluding steroid dienone is 4. The van der Waals surface area contributed by atoms with Crippen LogP contribution in [-0.4, -0.2) is 26.1 Å². The predicted molar refractivity (Wildman–Crippen MR) is 130 cm³/mol. The first kappa shape index (κ1) is 45.0. The Labute approximate surface area is 219 Å². The maximum atomic E-state index is 7.50. The molecule has 0 amide bonds. The molecule has 30 heavy (non-hydrogen) atoms. The normalized spacial score (nSPS) is 12.6. The van der Waals surface area contributed by atoms with Crippen LogP contribution in [0.5, 0.6) is 0 Å². The molecule has 0 aromatic heterocycles. The third-order valence-electron chi connectivity index (χ3n) is 4.14. The van der Waals surface area contributed by atoms with Gasteiger partial charge in [-0.15, -0.1) is 0 Å². The summed E-state index contributed by atoms with van der Waals surface area (Å²) >= 11 is 0. The van der Waals surface area contributed by atoms with Gasteiger partial charge in [0.1, 0.15) is 0 Å². The second-order valence-electron chi connectivity index (χ2n) is 6.32. The molecule has 11 heteroatoms. The summed E-state index contributed by atoms with van der Waals surface area (Å²) in [5.41, 5.74) is 5.87. The summed E-state index contributed by atoms with van der Waals surface area (Å²) in [6.07, 6.45) is 0. The summed E-state index contributed by atoms with van der Waals surface area (Å²) < 4.78 is 24.9. The van der Waals surface area contributed by atoms with Gasteiger partial charge in [0.15, 0.2) is 0 Å². The van der Waals surface area contributed by atoms with E-state index in [9.17, 15) is 0 Å². The van der Waals surface area contributed by atoms with E-state index in [1.807, 2.05) is 9.39 Å². The van der Waals surface area contributed by atoms with Crippen molar-refractivity contribution in [1.82, 2.24) is 4.67 Å². The molecule has 0 spiro atoms. The molecule has 1 unspecified atom stereocenters. The quantitative estimate of drug-likeness (QED) is 0.140. The molecule has 0 saturated carbocycles. The molecule has 1 rings (SSSR count). The van der Waals surface area contributed by atoms with Crippen LogP contribution in [0.25, 0.3) is 0 Å². The third-order valence-corrected chi connectivity index (χ3v) is 5.60. The van der Waals surface area contributed by atoms with Crippen molar-refractivity contribution in [3.8, 4) is 0 Å². The number of hydrogen-bond acceptors (Lipinski definition) is 1. The first-order valence-corrected chi connectivity index (χ1v) is 16.0. The molecule has 0 saturated heterocycles. The summed E-state index contributed by atoms with van der Waals surface area (Å²) in [6.45, 7) is 33.4. The molecule has 0 fully saturated rings. The summed E-state index contributed by atoms with van der Waals surface area (Å²) in [7, 11) is 19.0. The monoisotopic (exact) mass is 618 g/mol. The fraction of sp³-hybridized carbons (Fsp3) is 0.579. The Morgan fingerprint density at radius 3 is 0.867 bits per heavy atom. The van der Waals surface area contributed by atoms with Gasteiger partial charge in [-0.05, 0) is 66.5 Å². The molecule has 1 radical (unpaired) electrons. The van der Waals surface area contributed by atoms with Crippen LogP contribution in [0, 0.1) is 25.9 Å². The van der Waals surface area contributed by atoms with Crippen molar-refractivity contribution in [2.75, 3.05) is 0 Å². The van der Waals surface area contributed by atoms with Crippen molar-refractivity contribution in [2.45, 2.75) is 74.4 Å². The molecule has 0 bridgehead atoms. The zero-order valence-corrected chi connectivity index (χ0v) is 26.6. The van der Waals surface area contributed by atoms with Crippen LogP contribution < -0.4 is 0 Å². The molecule has 0 heterocycles. The second-order valence-corrected chi connectivity index (χ2v) is 19.9. The van der Waals surface area contributed by atoms with Crippen molar-refractivity contribution in [3.05, 3.63) is 48.2 Å². The minimum Gasteiger partial charge on any atom is -0.391 e. The fourth-order valence-electron chi connectivity index (χ4n) is 2.00. The average molecular weight is 618 g/mol. The average Bonchev–Trinajstić information content (AvgIpc) is 2.82. The molecule has 0 N–H and O–H groups in total. The van der Waals surface area contributed by atoms with E-state index in [2.05, 4.69) is 86.9 Å². The molecule has 0 aliphatic heterocycles. The molecule has 1 aliphatic carbocycles. The Morgan fingerprint density at radius 1 is 0.667 bits per heavy atom. The minimum absolute atomic E-state index is 0. The Kier molecular flexibility index (Phi) is 40.1. The van der Waals surface area contributed by atoms with Gasteiger partial charge < -0.3 is 40.2 Å². The van der Waals surface area contributed by atoms with Gasteiger partial charge in [-0.3, -0.25) is 0 Å². The number of nitrogens with zero attached hydrogens (tertiary/aromatic N) is 1. The number of rotatable bonds is 2. The van der Waals surface area contributed by atoms with Gasteiger partial charge in [-0.2, -0.15) is 4.67 Å². The molecular weight excluding hydrogens is 586 g/mol. The van der Waals surface area contributed by atoms with E-state index < -0.39 is 9.39 Å². The topological polar surface area (TPSA) is 62.9 Å². The molecule has 4 nitrogen and oxygen atoms in total. The van der Waals surface area contributed by atoms with E-state index >= 15 is 0 Å². The smallest absolute Gasteiger partial charge is 0.391 e. The zero-order chi connectivity index (χ0) is 25.1. The summed E-state index contributed by atoms with van der Waals surface area (Å²) in [6, 6.07) is 1.38. The predicted octanol–water partition coefficient (Wildman–Crippen LogP) is 7.16. The Hall–Kier alpha value is 1.47. The van der Waals surface area contributed by atoms with Gasteiger partial charge in [-0.1, -0.05) is 18.1 Å². The zero-order valence-electron chi connectivity index (χ0n) is 19.0. The summed E-state index contributed by atoms with van der Waals surface area (Å²) in [5.74, 6) is 1.47. The van der Waals surface area contributed by atoms with Crippen molar-refractivity contribution >= 4 is 59.0 Å². The van der Waals surface area contributed by atoms with Crippen LogP contribution in [0.1, 0.15) is 62.3 Å². The van der Waals surface area contributed by atoms with Crippen molar-refractivity contribution in [1.29, 1.82) is 0 Å².